The Morgan fingerprint density at radius 3 is 2.67 bits per heavy atom. The molecule has 0 unspecified atom stereocenters. The molecule has 3 rings (SSSR count). The van der Waals surface area contributed by atoms with Gasteiger partial charge < -0.3 is 0 Å². The summed E-state index contributed by atoms with van der Waals surface area (Å²) in [5.74, 6) is -0.694. The summed E-state index contributed by atoms with van der Waals surface area (Å²) in [6.45, 7) is 0.246. The molecule has 24 heavy (non-hydrogen) atoms. The first-order chi connectivity index (χ1) is 11.4. The predicted molar refractivity (Wildman–Crippen MR) is 88.0 cm³/mol. The molecule has 6 nitrogen and oxygen atoms in total. The van der Waals surface area contributed by atoms with Gasteiger partial charge in [0.05, 0.1) is 16.4 Å². The molecule has 0 atom stereocenters. The fraction of sp³-hybridized carbons (Fsp3) is 0.250. The maximum atomic E-state index is 13.6. The highest BCUT2D eigenvalue weighted by Gasteiger charge is 2.30. The van der Waals surface area contributed by atoms with Crippen LogP contribution in [0, 0.1) is 15.9 Å². The van der Waals surface area contributed by atoms with Crippen molar-refractivity contribution in [2.75, 3.05) is 16.6 Å². The number of hydrogen-bond acceptors (Lipinski definition) is 4. The summed E-state index contributed by atoms with van der Waals surface area (Å²) in [7, 11) is -3.69. The minimum Gasteiger partial charge on any atom is -0.269 e. The number of hydrogen-bond donors (Lipinski definition) is 0. The second-order valence-electron chi connectivity index (χ2n) is 5.55. The third-order valence-corrected chi connectivity index (χ3v) is 5.83. The topological polar surface area (TPSA) is 80.5 Å². The molecule has 0 spiro atoms. The highest BCUT2D eigenvalue weighted by Crippen LogP contribution is 2.33. The Bertz CT molecular complexity index is 899. The van der Waals surface area contributed by atoms with Crippen molar-refractivity contribution < 1.29 is 17.7 Å². The van der Waals surface area contributed by atoms with Crippen LogP contribution in [0.2, 0.25) is 0 Å². The van der Waals surface area contributed by atoms with Crippen molar-refractivity contribution in [1.82, 2.24) is 0 Å². The van der Waals surface area contributed by atoms with E-state index in [-0.39, 0.29) is 24.4 Å². The summed E-state index contributed by atoms with van der Waals surface area (Å²) in [4.78, 5) is 10.3. The quantitative estimate of drug-likeness (QED) is 0.613. The van der Waals surface area contributed by atoms with Crippen molar-refractivity contribution in [3.05, 3.63) is 69.5 Å². The van der Waals surface area contributed by atoms with Crippen LogP contribution in [-0.4, -0.2) is 25.6 Å². The largest absolute Gasteiger partial charge is 0.271 e. The lowest BCUT2D eigenvalue weighted by Crippen LogP contribution is -2.32. The van der Waals surface area contributed by atoms with E-state index >= 15 is 0 Å². The predicted octanol–water partition coefficient (Wildman–Crippen LogP) is 2.67. The molecule has 0 saturated heterocycles. The van der Waals surface area contributed by atoms with Gasteiger partial charge in [-0.2, -0.15) is 0 Å². The highest BCUT2D eigenvalue weighted by molar-refractivity contribution is 7.92. The number of anilines is 1. The minimum absolute atomic E-state index is 0.0514. The van der Waals surface area contributed by atoms with E-state index in [2.05, 4.69) is 0 Å². The van der Waals surface area contributed by atoms with Crippen molar-refractivity contribution >= 4 is 21.4 Å². The summed E-state index contributed by atoms with van der Waals surface area (Å²) in [6.07, 6.45) is 0.558. The van der Waals surface area contributed by atoms with Crippen LogP contribution in [0.15, 0.2) is 42.5 Å². The van der Waals surface area contributed by atoms with Gasteiger partial charge in [-0.15, -0.1) is 0 Å². The zero-order valence-electron chi connectivity index (χ0n) is 12.7. The van der Waals surface area contributed by atoms with Crippen molar-refractivity contribution in [3.63, 3.8) is 0 Å². The number of nitro benzene ring substituents is 1. The number of nitrogens with zero attached hydrogens (tertiary/aromatic N) is 2. The van der Waals surface area contributed by atoms with Crippen LogP contribution in [0.25, 0.3) is 0 Å². The summed E-state index contributed by atoms with van der Waals surface area (Å²) >= 11 is 0. The molecule has 8 heteroatoms. The molecular weight excluding hydrogens is 335 g/mol. The average Bonchev–Trinajstić information content (AvgIpc) is 2.98. The molecule has 0 bridgehead atoms. The monoisotopic (exact) mass is 350 g/mol. The maximum Gasteiger partial charge on any atom is 0.271 e. The number of non-ortho nitro benzene ring substituents is 1. The van der Waals surface area contributed by atoms with Gasteiger partial charge in [-0.1, -0.05) is 24.3 Å². The lowest BCUT2D eigenvalue weighted by molar-refractivity contribution is -0.384. The lowest BCUT2D eigenvalue weighted by Gasteiger charge is -2.19. The Balaban J connectivity index is 1.84. The van der Waals surface area contributed by atoms with Crippen molar-refractivity contribution in [1.29, 1.82) is 0 Å². The van der Waals surface area contributed by atoms with E-state index in [1.807, 2.05) is 0 Å². The summed E-state index contributed by atoms with van der Waals surface area (Å²) in [5, 5.41) is 10.9. The first-order valence-electron chi connectivity index (χ1n) is 7.39. The second-order valence-corrected chi connectivity index (χ2v) is 7.56. The molecular formula is C16H15FN2O4S. The molecule has 0 aromatic heterocycles. The molecule has 1 heterocycles. The molecule has 0 amide bonds. The molecule has 1 aliphatic rings. The molecule has 0 N–H and O–H groups in total. The lowest BCUT2D eigenvalue weighted by atomic mass is 10.1. The van der Waals surface area contributed by atoms with Crippen LogP contribution >= 0.6 is 0 Å². The Kier molecular flexibility index (Phi) is 4.23. The van der Waals surface area contributed by atoms with E-state index in [0.29, 0.717) is 17.7 Å². The fourth-order valence-electron chi connectivity index (χ4n) is 2.79. The normalized spacial score (nSPS) is 13.8. The second kappa shape index (κ2) is 6.20. The van der Waals surface area contributed by atoms with E-state index < -0.39 is 20.8 Å². The van der Waals surface area contributed by atoms with Gasteiger partial charge in [-0.3, -0.25) is 14.4 Å². The number of nitro groups is 1. The van der Waals surface area contributed by atoms with Gasteiger partial charge >= 0.3 is 0 Å². The molecule has 0 fully saturated rings. The SMILES string of the molecule is O=[N+]([O-])c1ccc2c(c1)N(S(=O)(=O)CCc1ccccc1F)CC2. The smallest absolute Gasteiger partial charge is 0.269 e. The Labute approximate surface area is 138 Å². The van der Waals surface area contributed by atoms with Crippen molar-refractivity contribution in [2.45, 2.75) is 12.8 Å². The molecule has 2 aromatic rings. The van der Waals surface area contributed by atoms with E-state index in [9.17, 15) is 22.9 Å². The van der Waals surface area contributed by atoms with Gasteiger partial charge in [0.2, 0.25) is 10.0 Å². The van der Waals surface area contributed by atoms with Crippen LogP contribution in [0.5, 0.6) is 0 Å². The van der Waals surface area contributed by atoms with Gasteiger partial charge in [0.25, 0.3) is 5.69 Å². The van der Waals surface area contributed by atoms with Crippen LogP contribution in [-0.2, 0) is 22.9 Å². The van der Waals surface area contributed by atoms with E-state index in [1.54, 1.807) is 24.3 Å². The fourth-order valence-corrected chi connectivity index (χ4v) is 4.33. The Hall–Kier alpha value is -2.48. The van der Waals surface area contributed by atoms with Crippen molar-refractivity contribution in [2.24, 2.45) is 0 Å². The van der Waals surface area contributed by atoms with Crippen molar-refractivity contribution in [3.8, 4) is 0 Å². The van der Waals surface area contributed by atoms with E-state index in [1.165, 1.54) is 22.5 Å². The minimum atomic E-state index is -3.69. The van der Waals surface area contributed by atoms with E-state index in [0.717, 1.165) is 5.56 Å². The third-order valence-electron chi connectivity index (χ3n) is 4.06. The van der Waals surface area contributed by atoms with Gasteiger partial charge in [0.1, 0.15) is 5.82 Å². The van der Waals surface area contributed by atoms with Gasteiger partial charge in [-0.25, -0.2) is 12.8 Å². The Morgan fingerprint density at radius 1 is 1.21 bits per heavy atom. The van der Waals surface area contributed by atoms with Crippen LogP contribution in [0.4, 0.5) is 15.8 Å². The number of halogens is 1. The van der Waals surface area contributed by atoms with Crippen LogP contribution < -0.4 is 4.31 Å². The standard InChI is InChI=1S/C16H15FN2O4S/c17-15-4-2-1-3-12(15)8-10-24(22,23)18-9-7-13-5-6-14(19(20)21)11-16(13)18/h1-6,11H,7-10H2. The summed E-state index contributed by atoms with van der Waals surface area (Å²) < 4.78 is 40.0. The molecule has 1 aliphatic heterocycles. The maximum absolute atomic E-state index is 13.6. The van der Waals surface area contributed by atoms with Gasteiger partial charge in [0, 0.05) is 18.7 Å². The summed E-state index contributed by atoms with van der Waals surface area (Å²) in [6, 6.07) is 10.3. The first kappa shape index (κ1) is 16.4. The molecule has 0 radical (unpaired) electrons. The van der Waals surface area contributed by atoms with Crippen LogP contribution in [0.3, 0.4) is 0 Å². The molecule has 0 saturated carbocycles. The van der Waals surface area contributed by atoms with E-state index in [4.69, 9.17) is 0 Å². The zero-order valence-corrected chi connectivity index (χ0v) is 13.5. The molecule has 0 aliphatic carbocycles. The number of benzene rings is 2. The van der Waals surface area contributed by atoms with Gasteiger partial charge in [0.15, 0.2) is 0 Å². The number of sulfonamides is 1. The molecule has 126 valence electrons. The third kappa shape index (κ3) is 3.09. The summed E-state index contributed by atoms with van der Waals surface area (Å²) in [5.41, 5.74) is 1.29. The zero-order chi connectivity index (χ0) is 17.3. The first-order valence-corrected chi connectivity index (χ1v) is 9.00. The molecule has 2 aromatic carbocycles. The highest BCUT2D eigenvalue weighted by atomic mass is 32.2. The number of rotatable bonds is 5. The Morgan fingerprint density at radius 2 is 1.96 bits per heavy atom. The van der Waals surface area contributed by atoms with Crippen LogP contribution in [0.1, 0.15) is 11.1 Å². The van der Waals surface area contributed by atoms with Gasteiger partial charge in [-0.05, 0) is 30.0 Å². The average molecular weight is 350 g/mol. The number of aryl methyl sites for hydroxylation is 1. The number of fused-ring (bicyclic) bond motifs is 1.